The van der Waals surface area contributed by atoms with E-state index in [1.165, 1.54) is 0 Å². The minimum Gasteiger partial charge on any atom is -0.492 e. The number of alkyl halides is 1. The molecule has 4 heteroatoms. The molecule has 2 aromatic carbocycles. The molecule has 0 amide bonds. The molecule has 3 nitrogen and oxygen atoms in total. The molecule has 0 aliphatic heterocycles. The zero-order valence-corrected chi connectivity index (χ0v) is 12.8. The fourth-order valence-corrected chi connectivity index (χ4v) is 2.59. The van der Waals surface area contributed by atoms with Crippen LogP contribution in [0.2, 0.25) is 0 Å². The molecule has 0 radical (unpaired) electrons. The van der Waals surface area contributed by atoms with Gasteiger partial charge in [-0.05, 0) is 23.8 Å². The van der Waals surface area contributed by atoms with Crippen molar-refractivity contribution in [3.8, 4) is 11.8 Å². The minimum absolute atomic E-state index is 0.480. The van der Waals surface area contributed by atoms with Crippen molar-refractivity contribution in [1.29, 1.82) is 5.26 Å². The van der Waals surface area contributed by atoms with Crippen LogP contribution in [0.1, 0.15) is 11.1 Å². The van der Waals surface area contributed by atoms with E-state index in [1.807, 2.05) is 54.7 Å². The van der Waals surface area contributed by atoms with Gasteiger partial charge in [0.1, 0.15) is 18.4 Å². The van der Waals surface area contributed by atoms with Gasteiger partial charge >= 0.3 is 0 Å². The number of halogens is 1. The maximum atomic E-state index is 9.24. The van der Waals surface area contributed by atoms with Gasteiger partial charge in [-0.25, -0.2) is 0 Å². The van der Waals surface area contributed by atoms with Crippen molar-refractivity contribution in [2.75, 3.05) is 12.5 Å². The first-order valence-electron chi connectivity index (χ1n) is 7.07. The number of ether oxygens (including phenoxy) is 1. The summed E-state index contributed by atoms with van der Waals surface area (Å²) in [4.78, 5) is 0. The van der Waals surface area contributed by atoms with Gasteiger partial charge in [-0.3, -0.25) is 0 Å². The Morgan fingerprint density at radius 2 is 1.86 bits per heavy atom. The summed E-state index contributed by atoms with van der Waals surface area (Å²) in [6, 6.07) is 18.2. The molecule has 1 heterocycles. The van der Waals surface area contributed by atoms with Crippen LogP contribution in [0, 0.1) is 11.3 Å². The molecular formula is C18H15ClN2O. The number of nitriles is 1. The van der Waals surface area contributed by atoms with Gasteiger partial charge in [-0.2, -0.15) is 5.26 Å². The number of hydrogen-bond donors (Lipinski definition) is 0. The minimum atomic E-state index is 0.480. The second-order valence-corrected chi connectivity index (χ2v) is 5.36. The molecule has 0 aliphatic rings. The van der Waals surface area contributed by atoms with Crippen LogP contribution in [0.4, 0.5) is 0 Å². The molecule has 0 bridgehead atoms. The SMILES string of the molecule is N#Cc1cn(Cc2ccc(OCCCl)cc2)c2ccccc12. The van der Waals surface area contributed by atoms with E-state index in [0.717, 1.165) is 28.8 Å². The van der Waals surface area contributed by atoms with Crippen molar-refractivity contribution < 1.29 is 4.74 Å². The second kappa shape index (κ2) is 6.55. The van der Waals surface area contributed by atoms with Crippen molar-refractivity contribution in [2.45, 2.75) is 6.54 Å². The molecule has 3 aromatic rings. The Morgan fingerprint density at radius 3 is 2.59 bits per heavy atom. The highest BCUT2D eigenvalue weighted by Crippen LogP contribution is 2.22. The first-order valence-corrected chi connectivity index (χ1v) is 7.61. The Morgan fingerprint density at radius 1 is 1.09 bits per heavy atom. The van der Waals surface area contributed by atoms with E-state index < -0.39 is 0 Å². The lowest BCUT2D eigenvalue weighted by molar-refractivity contribution is 0.342. The number of aromatic nitrogens is 1. The van der Waals surface area contributed by atoms with E-state index in [-0.39, 0.29) is 0 Å². The maximum Gasteiger partial charge on any atom is 0.119 e. The Labute approximate surface area is 134 Å². The van der Waals surface area contributed by atoms with Gasteiger partial charge in [0.15, 0.2) is 0 Å². The topological polar surface area (TPSA) is 38.0 Å². The van der Waals surface area contributed by atoms with Crippen LogP contribution >= 0.6 is 11.6 Å². The summed E-state index contributed by atoms with van der Waals surface area (Å²) in [5, 5.41) is 10.2. The molecule has 0 spiro atoms. The molecule has 110 valence electrons. The van der Waals surface area contributed by atoms with Gasteiger partial charge in [0.2, 0.25) is 0 Å². The number of para-hydroxylation sites is 1. The summed E-state index contributed by atoms with van der Waals surface area (Å²) in [7, 11) is 0. The third kappa shape index (κ3) is 2.93. The first-order chi connectivity index (χ1) is 10.8. The fourth-order valence-electron chi connectivity index (χ4n) is 2.51. The summed E-state index contributed by atoms with van der Waals surface area (Å²) in [6.07, 6.45) is 1.91. The molecule has 0 fully saturated rings. The molecular weight excluding hydrogens is 296 g/mol. The molecule has 22 heavy (non-hydrogen) atoms. The van der Waals surface area contributed by atoms with Gasteiger partial charge in [0.05, 0.1) is 11.4 Å². The molecule has 0 aliphatic carbocycles. The molecule has 0 atom stereocenters. The van der Waals surface area contributed by atoms with Crippen LogP contribution in [-0.2, 0) is 6.54 Å². The van der Waals surface area contributed by atoms with Gasteiger partial charge in [0, 0.05) is 23.6 Å². The van der Waals surface area contributed by atoms with Crippen LogP contribution in [0.5, 0.6) is 5.75 Å². The van der Waals surface area contributed by atoms with E-state index in [4.69, 9.17) is 16.3 Å². The van der Waals surface area contributed by atoms with Crippen LogP contribution in [0.15, 0.2) is 54.7 Å². The summed E-state index contributed by atoms with van der Waals surface area (Å²) in [5.41, 5.74) is 2.93. The lowest BCUT2D eigenvalue weighted by Crippen LogP contribution is -2.00. The quantitative estimate of drug-likeness (QED) is 0.663. The van der Waals surface area contributed by atoms with Crippen molar-refractivity contribution in [3.05, 3.63) is 65.9 Å². The monoisotopic (exact) mass is 310 g/mol. The van der Waals surface area contributed by atoms with E-state index >= 15 is 0 Å². The molecule has 3 rings (SSSR count). The van der Waals surface area contributed by atoms with Crippen molar-refractivity contribution in [2.24, 2.45) is 0 Å². The first kappa shape index (κ1) is 14.5. The van der Waals surface area contributed by atoms with Gasteiger partial charge in [-0.15, -0.1) is 11.6 Å². The highest BCUT2D eigenvalue weighted by atomic mass is 35.5. The predicted octanol–water partition coefficient (Wildman–Crippen LogP) is 4.18. The van der Waals surface area contributed by atoms with Gasteiger partial charge in [-0.1, -0.05) is 30.3 Å². The Kier molecular flexibility index (Phi) is 4.32. The number of fused-ring (bicyclic) bond motifs is 1. The van der Waals surface area contributed by atoms with E-state index in [9.17, 15) is 5.26 Å². The fraction of sp³-hybridized carbons (Fsp3) is 0.167. The average molecular weight is 311 g/mol. The van der Waals surface area contributed by atoms with Gasteiger partial charge in [0.25, 0.3) is 0 Å². The summed E-state index contributed by atoms with van der Waals surface area (Å²) < 4.78 is 7.57. The molecule has 0 unspecified atom stereocenters. The smallest absolute Gasteiger partial charge is 0.119 e. The third-order valence-corrected chi connectivity index (χ3v) is 3.69. The van der Waals surface area contributed by atoms with Gasteiger partial charge < -0.3 is 9.30 Å². The van der Waals surface area contributed by atoms with Crippen molar-refractivity contribution in [1.82, 2.24) is 4.57 Å². The van der Waals surface area contributed by atoms with Crippen molar-refractivity contribution >= 4 is 22.5 Å². The number of hydrogen-bond acceptors (Lipinski definition) is 2. The molecule has 0 saturated carbocycles. The van der Waals surface area contributed by atoms with E-state index in [0.29, 0.717) is 18.1 Å². The zero-order valence-electron chi connectivity index (χ0n) is 12.0. The van der Waals surface area contributed by atoms with Crippen LogP contribution < -0.4 is 4.74 Å². The molecule has 0 saturated heterocycles. The van der Waals surface area contributed by atoms with Crippen molar-refractivity contribution in [3.63, 3.8) is 0 Å². The molecule has 1 aromatic heterocycles. The number of rotatable bonds is 5. The predicted molar refractivity (Wildman–Crippen MR) is 88.4 cm³/mol. The number of benzene rings is 2. The summed E-state index contributed by atoms with van der Waals surface area (Å²) >= 11 is 5.61. The Hall–Kier alpha value is -2.44. The van der Waals surface area contributed by atoms with Crippen LogP contribution in [0.25, 0.3) is 10.9 Å². The molecule has 0 N–H and O–H groups in total. The standard InChI is InChI=1S/C18H15ClN2O/c19-9-10-22-16-7-5-14(6-8-16)12-21-13-15(11-20)17-3-1-2-4-18(17)21/h1-8,13H,9-10,12H2. The Balaban J connectivity index is 1.86. The zero-order chi connectivity index (χ0) is 15.4. The highest BCUT2D eigenvalue weighted by Gasteiger charge is 2.07. The lowest BCUT2D eigenvalue weighted by Gasteiger charge is -2.08. The summed E-state index contributed by atoms with van der Waals surface area (Å²) in [5.74, 6) is 1.30. The largest absolute Gasteiger partial charge is 0.492 e. The average Bonchev–Trinajstić information content (AvgIpc) is 2.92. The van der Waals surface area contributed by atoms with E-state index in [2.05, 4.69) is 10.6 Å². The van der Waals surface area contributed by atoms with E-state index in [1.54, 1.807) is 0 Å². The number of nitrogens with zero attached hydrogens (tertiary/aromatic N) is 2. The third-order valence-electron chi connectivity index (χ3n) is 3.53. The maximum absolute atomic E-state index is 9.24. The highest BCUT2D eigenvalue weighted by molar-refractivity contribution is 6.18. The lowest BCUT2D eigenvalue weighted by atomic mass is 10.2. The normalized spacial score (nSPS) is 10.5. The van der Waals surface area contributed by atoms with Crippen LogP contribution in [0.3, 0.4) is 0 Å². The Bertz CT molecular complexity index is 815. The van der Waals surface area contributed by atoms with Crippen LogP contribution in [-0.4, -0.2) is 17.1 Å². The summed E-state index contributed by atoms with van der Waals surface area (Å²) in [6.45, 7) is 1.23. The second-order valence-electron chi connectivity index (χ2n) is 4.98.